The highest BCUT2D eigenvalue weighted by atomic mass is 15.0. The second-order valence-corrected chi connectivity index (χ2v) is 3.46. The smallest absolute Gasteiger partial charge is 0.0948 e. The largest absolute Gasteiger partial charge is 0.334 e. The highest BCUT2D eigenvalue weighted by molar-refractivity contribution is 5.43. The average molecular weight is 194 g/mol. The molecule has 0 aliphatic carbocycles. The zero-order valence-electron chi connectivity index (χ0n) is 9.99. The van der Waals surface area contributed by atoms with Gasteiger partial charge in [0.25, 0.3) is 0 Å². The highest BCUT2D eigenvalue weighted by Crippen LogP contribution is 2.04. The maximum Gasteiger partial charge on any atom is 0.0948 e. The van der Waals surface area contributed by atoms with Crippen molar-refractivity contribution in [3.8, 4) is 0 Å². The predicted molar refractivity (Wildman–Crippen MR) is 63.0 cm³/mol. The molecule has 0 aliphatic rings. The molecule has 1 heterocycles. The van der Waals surface area contributed by atoms with Gasteiger partial charge in [-0.25, -0.2) is 4.98 Å². The molecule has 0 N–H and O–H groups in total. The van der Waals surface area contributed by atoms with E-state index >= 15 is 0 Å². The fourth-order valence-corrected chi connectivity index (χ4v) is 0.989. The normalized spacial score (nSPS) is 10.4. The number of aryl methyl sites for hydroxylation is 1. The molecule has 0 bridgehead atoms. The Bertz CT molecular complexity index is 259. The Balaban J connectivity index is 0.000000791. The summed E-state index contributed by atoms with van der Waals surface area (Å²) < 4.78 is 2.01. The van der Waals surface area contributed by atoms with Crippen molar-refractivity contribution in [3.63, 3.8) is 0 Å². The topological polar surface area (TPSA) is 17.8 Å². The van der Waals surface area contributed by atoms with Gasteiger partial charge in [0.15, 0.2) is 0 Å². The number of rotatable bonds is 3. The molecule has 0 radical (unpaired) electrons. The average Bonchev–Trinajstić information content (AvgIpc) is 2.55. The van der Waals surface area contributed by atoms with Gasteiger partial charge in [-0.2, -0.15) is 0 Å². The van der Waals surface area contributed by atoms with Crippen LogP contribution in [0.25, 0.3) is 6.08 Å². The quantitative estimate of drug-likeness (QED) is 0.720. The van der Waals surface area contributed by atoms with Crippen LogP contribution in [-0.2, 0) is 7.05 Å². The van der Waals surface area contributed by atoms with Gasteiger partial charge in [-0.1, -0.05) is 33.8 Å². The number of hydrogen-bond donors (Lipinski definition) is 0. The van der Waals surface area contributed by atoms with Crippen molar-refractivity contribution in [2.45, 2.75) is 34.1 Å². The lowest BCUT2D eigenvalue weighted by Gasteiger charge is -1.97. The molecule has 1 aromatic heterocycles. The molecule has 0 amide bonds. The zero-order chi connectivity index (χ0) is 11.0. The Hall–Kier alpha value is -1.05. The Kier molecular flexibility index (Phi) is 6.81. The van der Waals surface area contributed by atoms with Crippen LogP contribution in [-0.4, -0.2) is 9.55 Å². The summed E-state index contributed by atoms with van der Waals surface area (Å²) in [6.45, 7) is 8.43. The molecule has 2 heteroatoms. The lowest BCUT2D eigenvalue weighted by atomic mass is 10.1. The Morgan fingerprint density at radius 3 is 2.50 bits per heavy atom. The predicted octanol–water partition coefficient (Wildman–Crippen LogP) is 3.51. The van der Waals surface area contributed by atoms with Gasteiger partial charge < -0.3 is 4.57 Å². The zero-order valence-corrected chi connectivity index (χ0v) is 9.99. The van der Waals surface area contributed by atoms with Crippen LogP contribution in [0.2, 0.25) is 0 Å². The second-order valence-electron chi connectivity index (χ2n) is 3.46. The van der Waals surface area contributed by atoms with Gasteiger partial charge in [-0.3, -0.25) is 0 Å². The molecule has 2 nitrogen and oxygen atoms in total. The summed E-state index contributed by atoms with van der Waals surface area (Å²) in [5.74, 6) is 0.731. The summed E-state index contributed by atoms with van der Waals surface area (Å²) in [5, 5.41) is 0. The fraction of sp³-hybridized carbons (Fsp3) is 0.583. The van der Waals surface area contributed by atoms with E-state index in [4.69, 9.17) is 0 Å². The first kappa shape index (κ1) is 12.9. The number of nitrogens with zero attached hydrogens (tertiary/aromatic N) is 2. The molecule has 14 heavy (non-hydrogen) atoms. The van der Waals surface area contributed by atoms with Crippen molar-refractivity contribution in [2.24, 2.45) is 13.0 Å². The van der Waals surface area contributed by atoms with Crippen molar-refractivity contribution in [1.82, 2.24) is 9.55 Å². The molecule has 1 aromatic rings. The van der Waals surface area contributed by atoms with E-state index in [-0.39, 0.29) is 0 Å². The number of hydrogen-bond acceptors (Lipinski definition) is 1. The van der Waals surface area contributed by atoms with Gasteiger partial charge in [0.2, 0.25) is 0 Å². The third kappa shape index (κ3) is 4.85. The van der Waals surface area contributed by atoms with Crippen molar-refractivity contribution in [3.05, 3.63) is 24.3 Å². The van der Waals surface area contributed by atoms with Crippen LogP contribution in [0.1, 0.15) is 39.8 Å². The van der Waals surface area contributed by atoms with Gasteiger partial charge in [-0.15, -0.1) is 0 Å². The maximum atomic E-state index is 4.03. The van der Waals surface area contributed by atoms with E-state index in [1.807, 2.05) is 38.0 Å². The molecule has 0 spiro atoms. The maximum absolute atomic E-state index is 4.03. The highest BCUT2D eigenvalue weighted by Gasteiger charge is 1.92. The standard InChI is InChI=1S/C10H16N2.C2H6/c1-9(2)5-4-6-10-7-11-8-12(10)3;1-2/h4,6-9H,5H2,1-3H3;1-2H3/b6-4+;. The fourth-order valence-electron chi connectivity index (χ4n) is 0.989. The molecule has 1 rings (SSSR count). The van der Waals surface area contributed by atoms with Crippen LogP contribution in [0.5, 0.6) is 0 Å². The molecular formula is C12H22N2. The molecule has 0 saturated heterocycles. The summed E-state index contributed by atoms with van der Waals surface area (Å²) in [7, 11) is 2.00. The first-order chi connectivity index (χ1) is 6.70. The molecular weight excluding hydrogens is 172 g/mol. The summed E-state index contributed by atoms with van der Waals surface area (Å²) in [5.41, 5.74) is 1.16. The van der Waals surface area contributed by atoms with Crippen LogP contribution in [0.4, 0.5) is 0 Å². The van der Waals surface area contributed by atoms with Gasteiger partial charge >= 0.3 is 0 Å². The lowest BCUT2D eigenvalue weighted by Crippen LogP contribution is -1.87. The molecule has 0 fully saturated rings. The minimum absolute atomic E-state index is 0.731. The summed E-state index contributed by atoms with van der Waals surface area (Å²) >= 11 is 0. The third-order valence-corrected chi connectivity index (χ3v) is 1.75. The van der Waals surface area contributed by atoms with E-state index in [0.29, 0.717) is 0 Å². The van der Waals surface area contributed by atoms with E-state index in [9.17, 15) is 0 Å². The van der Waals surface area contributed by atoms with Crippen LogP contribution < -0.4 is 0 Å². The van der Waals surface area contributed by atoms with Crippen LogP contribution in [0.15, 0.2) is 18.6 Å². The Labute approximate surface area is 87.7 Å². The minimum atomic E-state index is 0.731. The van der Waals surface area contributed by atoms with Gasteiger partial charge in [0.05, 0.1) is 18.2 Å². The van der Waals surface area contributed by atoms with Crippen molar-refractivity contribution in [2.75, 3.05) is 0 Å². The Morgan fingerprint density at radius 1 is 1.43 bits per heavy atom. The SMILES string of the molecule is CC.CC(C)C/C=C/c1cncn1C. The number of allylic oxidation sites excluding steroid dienone is 1. The molecule has 0 aliphatic heterocycles. The summed E-state index contributed by atoms with van der Waals surface area (Å²) in [4.78, 5) is 4.03. The Morgan fingerprint density at radius 2 is 2.07 bits per heavy atom. The van der Waals surface area contributed by atoms with Crippen LogP contribution in [0, 0.1) is 5.92 Å². The van der Waals surface area contributed by atoms with Gasteiger partial charge in [-0.05, 0) is 18.4 Å². The van der Waals surface area contributed by atoms with E-state index in [0.717, 1.165) is 18.0 Å². The monoisotopic (exact) mass is 194 g/mol. The number of aromatic nitrogens is 2. The van der Waals surface area contributed by atoms with E-state index < -0.39 is 0 Å². The molecule has 80 valence electrons. The summed E-state index contributed by atoms with van der Waals surface area (Å²) in [6.07, 6.45) is 9.13. The molecule has 0 unspecified atom stereocenters. The first-order valence-corrected chi connectivity index (χ1v) is 5.33. The van der Waals surface area contributed by atoms with Crippen molar-refractivity contribution >= 4 is 6.08 Å². The lowest BCUT2D eigenvalue weighted by molar-refractivity contribution is 0.665. The second kappa shape index (κ2) is 7.36. The van der Waals surface area contributed by atoms with E-state index in [1.165, 1.54) is 0 Å². The minimum Gasteiger partial charge on any atom is -0.334 e. The van der Waals surface area contributed by atoms with Crippen LogP contribution >= 0.6 is 0 Å². The van der Waals surface area contributed by atoms with Gasteiger partial charge in [0, 0.05) is 7.05 Å². The van der Waals surface area contributed by atoms with Gasteiger partial charge in [0.1, 0.15) is 0 Å². The summed E-state index contributed by atoms with van der Waals surface area (Å²) in [6, 6.07) is 0. The van der Waals surface area contributed by atoms with E-state index in [1.54, 1.807) is 0 Å². The molecule has 0 saturated carbocycles. The van der Waals surface area contributed by atoms with Crippen molar-refractivity contribution in [1.29, 1.82) is 0 Å². The van der Waals surface area contributed by atoms with Crippen molar-refractivity contribution < 1.29 is 0 Å². The first-order valence-electron chi connectivity index (χ1n) is 5.33. The van der Waals surface area contributed by atoms with Crippen LogP contribution in [0.3, 0.4) is 0 Å². The van der Waals surface area contributed by atoms with E-state index in [2.05, 4.69) is 31.0 Å². The molecule has 0 atom stereocenters. The molecule has 0 aromatic carbocycles. The number of imidazole rings is 1. The third-order valence-electron chi connectivity index (χ3n) is 1.75.